The van der Waals surface area contributed by atoms with Gasteiger partial charge in [0.15, 0.2) is 0 Å². The Balaban J connectivity index is 2.32. The van der Waals surface area contributed by atoms with Gasteiger partial charge in [-0.1, -0.05) is 12.1 Å². The number of ether oxygens (including phenoxy) is 2. The Morgan fingerprint density at radius 3 is 2.77 bits per heavy atom. The van der Waals surface area contributed by atoms with Gasteiger partial charge < -0.3 is 19.9 Å². The number of aliphatic carboxylic acids is 1. The summed E-state index contributed by atoms with van der Waals surface area (Å²) in [5.74, 6) is 0.0852. The van der Waals surface area contributed by atoms with Crippen LogP contribution < -0.4 is 10.1 Å². The average molecular weight is 309 g/mol. The summed E-state index contributed by atoms with van der Waals surface area (Å²) in [5, 5.41) is 12.3. The van der Waals surface area contributed by atoms with E-state index in [0.717, 1.165) is 17.7 Å². The second kappa shape index (κ2) is 9.43. The number of nitrogens with one attached hydrogen (secondary N) is 1. The third-order valence-electron chi connectivity index (χ3n) is 3.49. The minimum absolute atomic E-state index is 0.593. The van der Waals surface area contributed by atoms with Crippen LogP contribution in [0.3, 0.4) is 0 Å². The molecule has 0 heterocycles. The van der Waals surface area contributed by atoms with Crippen molar-refractivity contribution in [2.24, 2.45) is 5.41 Å². The van der Waals surface area contributed by atoms with Crippen LogP contribution in [0.25, 0.3) is 0 Å². The van der Waals surface area contributed by atoms with Crippen molar-refractivity contribution in [3.8, 4) is 5.75 Å². The minimum Gasteiger partial charge on any atom is -0.493 e. The van der Waals surface area contributed by atoms with Crippen LogP contribution in [0.1, 0.15) is 32.3 Å². The fraction of sp³-hybridized carbons (Fsp3) is 0.588. The number of methoxy groups -OCH3 is 1. The van der Waals surface area contributed by atoms with Crippen molar-refractivity contribution in [2.45, 2.75) is 33.2 Å². The molecule has 0 saturated heterocycles. The molecule has 22 heavy (non-hydrogen) atoms. The Hall–Kier alpha value is -1.59. The first-order valence-electron chi connectivity index (χ1n) is 7.60. The van der Waals surface area contributed by atoms with E-state index in [4.69, 9.17) is 14.6 Å². The van der Waals surface area contributed by atoms with Crippen LogP contribution in [-0.2, 0) is 16.1 Å². The Kier molecular flexibility index (Phi) is 7.91. The fourth-order valence-electron chi connectivity index (χ4n) is 1.88. The van der Waals surface area contributed by atoms with Gasteiger partial charge in [0.1, 0.15) is 5.75 Å². The molecule has 0 unspecified atom stereocenters. The summed E-state index contributed by atoms with van der Waals surface area (Å²) in [4.78, 5) is 11.0. The summed E-state index contributed by atoms with van der Waals surface area (Å²) in [6, 6.07) is 7.92. The van der Waals surface area contributed by atoms with E-state index in [1.807, 2.05) is 24.3 Å². The molecule has 124 valence electrons. The van der Waals surface area contributed by atoms with E-state index in [1.54, 1.807) is 21.0 Å². The number of hydrogen-bond donors (Lipinski definition) is 2. The van der Waals surface area contributed by atoms with Crippen molar-refractivity contribution in [1.82, 2.24) is 5.32 Å². The van der Waals surface area contributed by atoms with Crippen LogP contribution in [0.15, 0.2) is 24.3 Å². The third-order valence-corrected chi connectivity index (χ3v) is 3.49. The second-order valence-electron chi connectivity index (χ2n) is 5.96. The number of carboxylic acids is 1. The van der Waals surface area contributed by atoms with E-state index >= 15 is 0 Å². The van der Waals surface area contributed by atoms with E-state index in [2.05, 4.69) is 5.32 Å². The summed E-state index contributed by atoms with van der Waals surface area (Å²) in [6.45, 7) is 6.18. The van der Waals surface area contributed by atoms with Crippen LogP contribution in [0, 0.1) is 5.41 Å². The molecule has 0 spiro atoms. The number of carbonyl (C=O) groups is 1. The van der Waals surface area contributed by atoms with Gasteiger partial charge in [-0.2, -0.15) is 0 Å². The molecule has 0 radical (unpaired) electrons. The van der Waals surface area contributed by atoms with Crippen LogP contribution in [0.2, 0.25) is 0 Å². The highest BCUT2D eigenvalue weighted by Gasteiger charge is 2.25. The molecule has 0 atom stereocenters. The van der Waals surface area contributed by atoms with Crippen molar-refractivity contribution in [2.75, 3.05) is 26.9 Å². The number of benzene rings is 1. The second-order valence-corrected chi connectivity index (χ2v) is 5.96. The molecule has 0 aliphatic rings. The third kappa shape index (κ3) is 6.91. The molecule has 5 nitrogen and oxygen atoms in total. The summed E-state index contributed by atoms with van der Waals surface area (Å²) in [7, 11) is 1.68. The van der Waals surface area contributed by atoms with E-state index in [-0.39, 0.29) is 0 Å². The quantitative estimate of drug-likeness (QED) is 0.615. The van der Waals surface area contributed by atoms with E-state index < -0.39 is 11.4 Å². The Bertz CT molecular complexity index is 460. The molecular weight excluding hydrogens is 282 g/mol. The summed E-state index contributed by atoms with van der Waals surface area (Å²) >= 11 is 0. The largest absolute Gasteiger partial charge is 0.493 e. The fourth-order valence-corrected chi connectivity index (χ4v) is 1.88. The van der Waals surface area contributed by atoms with Gasteiger partial charge in [0.2, 0.25) is 0 Å². The highest BCUT2D eigenvalue weighted by Crippen LogP contribution is 2.19. The van der Waals surface area contributed by atoms with E-state index in [0.29, 0.717) is 32.7 Å². The van der Waals surface area contributed by atoms with E-state index in [9.17, 15) is 4.79 Å². The Morgan fingerprint density at radius 2 is 2.09 bits per heavy atom. The van der Waals surface area contributed by atoms with Crippen LogP contribution in [0.4, 0.5) is 0 Å². The number of rotatable bonds is 11. The lowest BCUT2D eigenvalue weighted by atomic mass is 9.90. The summed E-state index contributed by atoms with van der Waals surface area (Å²) < 4.78 is 10.6. The molecule has 5 heteroatoms. The van der Waals surface area contributed by atoms with E-state index in [1.165, 1.54) is 0 Å². The maximum atomic E-state index is 11.0. The minimum atomic E-state index is -0.763. The van der Waals surface area contributed by atoms with Gasteiger partial charge in [-0.3, -0.25) is 4.79 Å². The lowest BCUT2D eigenvalue weighted by Gasteiger charge is -2.19. The van der Waals surface area contributed by atoms with Crippen molar-refractivity contribution >= 4 is 5.97 Å². The lowest BCUT2D eigenvalue weighted by Crippen LogP contribution is -2.28. The summed E-state index contributed by atoms with van der Waals surface area (Å²) in [5.41, 5.74) is 0.427. The molecule has 1 aromatic rings. The summed E-state index contributed by atoms with van der Waals surface area (Å²) in [6.07, 6.45) is 1.46. The molecule has 0 saturated carbocycles. The molecule has 1 aromatic carbocycles. The van der Waals surface area contributed by atoms with Crippen LogP contribution in [0.5, 0.6) is 5.75 Å². The topological polar surface area (TPSA) is 67.8 Å². The molecular formula is C17H27NO4. The monoisotopic (exact) mass is 309 g/mol. The van der Waals surface area contributed by atoms with Gasteiger partial charge in [-0.05, 0) is 44.5 Å². The standard InChI is InChI=1S/C17H27NO4/c1-17(2,16(19)20)8-9-18-13-14-6-4-7-15(12-14)22-11-5-10-21-3/h4,6-7,12,18H,5,8-11,13H2,1-3H3,(H,19,20). The van der Waals surface area contributed by atoms with Crippen LogP contribution >= 0.6 is 0 Å². The first-order valence-corrected chi connectivity index (χ1v) is 7.60. The van der Waals surface area contributed by atoms with Gasteiger partial charge in [0.25, 0.3) is 0 Å². The van der Waals surface area contributed by atoms with Gasteiger partial charge in [0.05, 0.1) is 12.0 Å². The highest BCUT2D eigenvalue weighted by molar-refractivity contribution is 5.73. The van der Waals surface area contributed by atoms with Gasteiger partial charge in [-0.15, -0.1) is 0 Å². The zero-order chi connectivity index (χ0) is 16.4. The maximum Gasteiger partial charge on any atom is 0.309 e. The first kappa shape index (κ1) is 18.5. The molecule has 1 rings (SSSR count). The molecule has 0 amide bonds. The van der Waals surface area contributed by atoms with Gasteiger partial charge in [-0.25, -0.2) is 0 Å². The zero-order valence-electron chi connectivity index (χ0n) is 13.7. The zero-order valence-corrected chi connectivity index (χ0v) is 13.7. The number of carboxylic acid groups (broad SMARTS) is 1. The molecule has 0 aliphatic heterocycles. The van der Waals surface area contributed by atoms with Crippen molar-refractivity contribution in [3.05, 3.63) is 29.8 Å². The molecule has 0 fully saturated rings. The normalized spacial score (nSPS) is 11.4. The Morgan fingerprint density at radius 1 is 1.32 bits per heavy atom. The highest BCUT2D eigenvalue weighted by atomic mass is 16.5. The first-order chi connectivity index (χ1) is 10.5. The predicted octanol–water partition coefficient (Wildman–Crippen LogP) is 2.69. The molecule has 0 aliphatic carbocycles. The average Bonchev–Trinajstić information content (AvgIpc) is 2.48. The predicted molar refractivity (Wildman–Crippen MR) is 86.2 cm³/mol. The molecule has 0 bridgehead atoms. The van der Waals surface area contributed by atoms with Crippen molar-refractivity contribution < 1.29 is 19.4 Å². The van der Waals surface area contributed by atoms with Gasteiger partial charge >= 0.3 is 5.97 Å². The van der Waals surface area contributed by atoms with Crippen molar-refractivity contribution in [1.29, 1.82) is 0 Å². The molecule has 2 N–H and O–H groups in total. The smallest absolute Gasteiger partial charge is 0.309 e. The van der Waals surface area contributed by atoms with Crippen LogP contribution in [-0.4, -0.2) is 37.9 Å². The molecule has 0 aromatic heterocycles. The Labute approximate surface area is 132 Å². The van der Waals surface area contributed by atoms with Crippen molar-refractivity contribution in [3.63, 3.8) is 0 Å². The van der Waals surface area contributed by atoms with Gasteiger partial charge in [0, 0.05) is 26.7 Å². The lowest BCUT2D eigenvalue weighted by molar-refractivity contribution is -0.147. The maximum absolute atomic E-state index is 11.0. The number of hydrogen-bond acceptors (Lipinski definition) is 4. The SMILES string of the molecule is COCCCOc1cccc(CNCCC(C)(C)C(=O)O)c1.